The summed E-state index contributed by atoms with van der Waals surface area (Å²) in [6.45, 7) is 0.291. The van der Waals surface area contributed by atoms with Crippen molar-refractivity contribution in [2.45, 2.75) is 17.5 Å². The number of urea groups is 1. The minimum Gasteiger partial charge on any atom is -0.338 e. The number of carbonyl (C=O) groups is 1. The van der Waals surface area contributed by atoms with Gasteiger partial charge in [-0.3, -0.25) is 0 Å². The van der Waals surface area contributed by atoms with Crippen LogP contribution in [0.5, 0.6) is 0 Å². The van der Waals surface area contributed by atoms with E-state index in [0.717, 1.165) is 18.2 Å². The van der Waals surface area contributed by atoms with Gasteiger partial charge in [0.25, 0.3) is 0 Å². The second-order valence-corrected chi connectivity index (χ2v) is 8.92. The molecule has 6 nitrogen and oxygen atoms in total. The van der Waals surface area contributed by atoms with Crippen molar-refractivity contribution < 1.29 is 30.8 Å². The van der Waals surface area contributed by atoms with E-state index in [9.17, 15) is 30.8 Å². The lowest BCUT2D eigenvalue weighted by Crippen LogP contribution is -2.53. The first-order valence-corrected chi connectivity index (χ1v) is 11.0. The summed E-state index contributed by atoms with van der Waals surface area (Å²) in [5.74, 6) is -0.661. The zero-order chi connectivity index (χ0) is 22.6. The number of rotatable bonds is 5. The Bertz CT molecular complexity index is 1040. The molecule has 2 aromatic carbocycles. The molecule has 168 valence electrons. The topological polar surface area (TPSA) is 69.7 Å². The molecule has 2 aromatic rings. The van der Waals surface area contributed by atoms with E-state index in [2.05, 4.69) is 5.32 Å². The fraction of sp³-hybridized carbons (Fsp3) is 0.350. The lowest BCUT2D eigenvalue weighted by molar-refractivity contribution is -0.138. The van der Waals surface area contributed by atoms with Crippen LogP contribution in [-0.4, -0.2) is 56.4 Å². The summed E-state index contributed by atoms with van der Waals surface area (Å²) in [6.07, 6.45) is -4.46. The molecule has 1 heterocycles. The number of benzene rings is 2. The molecule has 0 spiro atoms. The smallest absolute Gasteiger partial charge is 0.338 e. The van der Waals surface area contributed by atoms with Crippen LogP contribution >= 0.6 is 0 Å². The highest BCUT2D eigenvalue weighted by atomic mass is 32.2. The average Bonchev–Trinajstić information content (AvgIpc) is 2.73. The van der Waals surface area contributed by atoms with Crippen LogP contribution in [-0.2, 0) is 22.6 Å². The fourth-order valence-electron chi connectivity index (χ4n) is 3.34. The zero-order valence-corrected chi connectivity index (χ0v) is 17.2. The number of carbonyl (C=O) groups excluding carboxylic acids is 1. The second kappa shape index (κ2) is 9.23. The summed E-state index contributed by atoms with van der Waals surface area (Å²) < 4.78 is 78.8. The number of hydrogen-bond donors (Lipinski definition) is 1. The van der Waals surface area contributed by atoms with Crippen molar-refractivity contribution in [1.29, 1.82) is 0 Å². The first-order valence-electron chi connectivity index (χ1n) is 9.52. The van der Waals surface area contributed by atoms with Gasteiger partial charge in [-0.1, -0.05) is 24.3 Å². The van der Waals surface area contributed by atoms with Crippen molar-refractivity contribution in [2.75, 3.05) is 32.7 Å². The summed E-state index contributed by atoms with van der Waals surface area (Å²) in [4.78, 5) is 13.6. The predicted octanol–water partition coefficient (Wildman–Crippen LogP) is 3.10. The van der Waals surface area contributed by atoms with Crippen molar-refractivity contribution in [3.8, 4) is 0 Å². The molecule has 11 heteroatoms. The molecule has 2 amide bonds. The van der Waals surface area contributed by atoms with E-state index < -0.39 is 33.6 Å². The number of amides is 2. The summed E-state index contributed by atoms with van der Waals surface area (Å²) >= 11 is 0. The Morgan fingerprint density at radius 3 is 2.32 bits per heavy atom. The van der Waals surface area contributed by atoms with Gasteiger partial charge in [-0.15, -0.1) is 0 Å². The molecular weight excluding hydrogens is 438 g/mol. The largest absolute Gasteiger partial charge is 0.416 e. The molecule has 0 aromatic heterocycles. The van der Waals surface area contributed by atoms with Gasteiger partial charge in [0, 0.05) is 32.7 Å². The van der Waals surface area contributed by atoms with Crippen LogP contribution in [0.3, 0.4) is 0 Å². The first-order chi connectivity index (χ1) is 14.6. The van der Waals surface area contributed by atoms with Gasteiger partial charge in [-0.2, -0.15) is 17.5 Å². The Morgan fingerprint density at radius 2 is 1.68 bits per heavy atom. The maximum absolute atomic E-state index is 13.4. The van der Waals surface area contributed by atoms with Gasteiger partial charge in [0.15, 0.2) is 0 Å². The Kier molecular flexibility index (Phi) is 6.85. The van der Waals surface area contributed by atoms with E-state index in [1.165, 1.54) is 39.5 Å². The highest BCUT2D eigenvalue weighted by Gasteiger charge is 2.33. The molecule has 1 saturated heterocycles. The molecule has 1 fully saturated rings. The number of alkyl halides is 3. The SMILES string of the molecule is O=C(NCCc1ccccc1C(F)(F)F)N1CCN(S(=O)(=O)c2cccc(F)c2)CC1. The molecular formula is C20H21F4N3O3S. The summed E-state index contributed by atoms with van der Waals surface area (Å²) in [6, 6.07) is 9.39. The van der Waals surface area contributed by atoms with Gasteiger partial charge >= 0.3 is 12.2 Å². The maximum Gasteiger partial charge on any atom is 0.416 e. The lowest BCUT2D eigenvalue weighted by atomic mass is 10.0. The second-order valence-electron chi connectivity index (χ2n) is 6.99. The molecule has 1 aliphatic heterocycles. The van der Waals surface area contributed by atoms with Gasteiger partial charge in [0.1, 0.15) is 5.82 Å². The number of sulfonamides is 1. The monoisotopic (exact) mass is 459 g/mol. The molecule has 0 bridgehead atoms. The maximum atomic E-state index is 13.4. The quantitative estimate of drug-likeness (QED) is 0.699. The molecule has 0 saturated carbocycles. The number of nitrogens with zero attached hydrogens (tertiary/aromatic N) is 2. The molecule has 1 N–H and O–H groups in total. The van der Waals surface area contributed by atoms with E-state index in [0.29, 0.717) is 0 Å². The average molecular weight is 459 g/mol. The van der Waals surface area contributed by atoms with Crippen molar-refractivity contribution >= 4 is 16.1 Å². The van der Waals surface area contributed by atoms with Crippen LogP contribution in [0.25, 0.3) is 0 Å². The van der Waals surface area contributed by atoms with Crippen LogP contribution < -0.4 is 5.32 Å². The van der Waals surface area contributed by atoms with Crippen LogP contribution in [0.2, 0.25) is 0 Å². The van der Waals surface area contributed by atoms with Crippen molar-refractivity contribution in [3.63, 3.8) is 0 Å². The zero-order valence-electron chi connectivity index (χ0n) is 16.4. The lowest BCUT2D eigenvalue weighted by Gasteiger charge is -2.34. The molecule has 0 unspecified atom stereocenters. The number of piperazine rings is 1. The van der Waals surface area contributed by atoms with E-state index in [1.54, 1.807) is 0 Å². The molecule has 3 rings (SSSR count). The first kappa shape index (κ1) is 23.0. The van der Waals surface area contributed by atoms with E-state index in [1.807, 2.05) is 0 Å². The Labute approximate surface area is 177 Å². The van der Waals surface area contributed by atoms with Crippen LogP contribution in [0, 0.1) is 5.82 Å². The van der Waals surface area contributed by atoms with Crippen molar-refractivity contribution in [1.82, 2.24) is 14.5 Å². The minimum absolute atomic E-state index is 0.00767. The summed E-state index contributed by atoms with van der Waals surface area (Å²) in [5, 5.41) is 2.57. The highest BCUT2D eigenvalue weighted by molar-refractivity contribution is 7.89. The third-order valence-corrected chi connectivity index (χ3v) is 6.85. The number of hydrogen-bond acceptors (Lipinski definition) is 3. The van der Waals surface area contributed by atoms with Gasteiger partial charge in [0.2, 0.25) is 10.0 Å². The van der Waals surface area contributed by atoms with E-state index in [4.69, 9.17) is 0 Å². The van der Waals surface area contributed by atoms with Crippen LogP contribution in [0.15, 0.2) is 53.4 Å². The van der Waals surface area contributed by atoms with Gasteiger partial charge in [-0.25, -0.2) is 17.6 Å². The minimum atomic E-state index is -4.47. The molecule has 0 atom stereocenters. The van der Waals surface area contributed by atoms with E-state index in [-0.39, 0.29) is 49.6 Å². The summed E-state index contributed by atoms with van der Waals surface area (Å²) in [7, 11) is -3.88. The predicted molar refractivity (Wildman–Crippen MR) is 105 cm³/mol. The van der Waals surface area contributed by atoms with Gasteiger partial charge < -0.3 is 10.2 Å². The Hall–Kier alpha value is -2.66. The fourth-order valence-corrected chi connectivity index (χ4v) is 4.79. The standard InChI is InChI=1S/C20H21F4N3O3S/c21-16-5-3-6-17(14-16)31(29,30)27-12-10-26(11-13-27)19(28)25-9-8-15-4-1-2-7-18(15)20(22,23)24/h1-7,14H,8-13H2,(H,25,28). The Morgan fingerprint density at radius 1 is 1.00 bits per heavy atom. The highest BCUT2D eigenvalue weighted by Crippen LogP contribution is 2.31. The number of halogens is 4. The van der Waals surface area contributed by atoms with Gasteiger partial charge in [-0.05, 0) is 36.2 Å². The van der Waals surface area contributed by atoms with Gasteiger partial charge in [0.05, 0.1) is 10.5 Å². The van der Waals surface area contributed by atoms with Crippen LogP contribution in [0.1, 0.15) is 11.1 Å². The van der Waals surface area contributed by atoms with E-state index >= 15 is 0 Å². The third kappa shape index (κ3) is 5.53. The Balaban J connectivity index is 1.52. The normalized spacial score (nSPS) is 15.7. The van der Waals surface area contributed by atoms with Crippen molar-refractivity contribution in [2.24, 2.45) is 0 Å². The molecule has 0 aliphatic carbocycles. The van der Waals surface area contributed by atoms with Crippen molar-refractivity contribution in [3.05, 3.63) is 65.5 Å². The third-order valence-electron chi connectivity index (χ3n) is 4.95. The van der Waals surface area contributed by atoms with Crippen LogP contribution in [0.4, 0.5) is 22.4 Å². The number of nitrogens with one attached hydrogen (secondary N) is 1. The molecule has 1 aliphatic rings. The molecule has 0 radical (unpaired) electrons. The summed E-state index contributed by atoms with van der Waals surface area (Å²) in [5.41, 5.74) is -0.651. The molecule has 31 heavy (non-hydrogen) atoms.